The molecular weight excluding hydrogens is 284 g/mol. The Balaban J connectivity index is 2.14. The molecule has 0 saturated carbocycles. The van der Waals surface area contributed by atoms with E-state index in [9.17, 15) is 14.9 Å². The summed E-state index contributed by atoms with van der Waals surface area (Å²) in [7, 11) is 1.66. The topological polar surface area (TPSA) is 72.7 Å². The highest BCUT2D eigenvalue weighted by molar-refractivity contribution is 6.32. The van der Waals surface area contributed by atoms with Gasteiger partial charge in [-0.05, 0) is 25.0 Å². The molecule has 1 saturated heterocycles. The van der Waals surface area contributed by atoms with Crippen LogP contribution in [0.4, 0.5) is 5.69 Å². The van der Waals surface area contributed by atoms with Gasteiger partial charge in [-0.25, -0.2) is 0 Å². The lowest BCUT2D eigenvalue weighted by Gasteiger charge is -2.31. The number of ether oxygens (including phenoxy) is 1. The predicted molar refractivity (Wildman–Crippen MR) is 74.0 cm³/mol. The minimum absolute atomic E-state index is 0.0321. The van der Waals surface area contributed by atoms with Gasteiger partial charge < -0.3 is 9.64 Å². The summed E-state index contributed by atoms with van der Waals surface area (Å²) in [5, 5.41) is 10.9. The normalized spacial score (nSPS) is 16.2. The monoisotopic (exact) mass is 298 g/mol. The fourth-order valence-electron chi connectivity index (χ4n) is 2.26. The molecule has 7 heteroatoms. The molecule has 1 aromatic carbocycles. The number of halogens is 1. The number of carbonyl (C=O) groups is 1. The number of likely N-dealkylation sites (tertiary alicyclic amines) is 1. The van der Waals surface area contributed by atoms with Crippen molar-refractivity contribution in [2.24, 2.45) is 0 Å². The van der Waals surface area contributed by atoms with Crippen molar-refractivity contribution in [2.75, 3.05) is 20.2 Å². The average Bonchev–Trinajstić information content (AvgIpc) is 2.47. The standard InChI is InChI=1S/C13H15ClN2O4/c1-20-10-4-6-15(7-5-10)13(17)9-2-3-11(14)12(8-9)16(18)19/h2-3,8,10H,4-7H2,1H3. The molecule has 0 N–H and O–H groups in total. The van der Waals surface area contributed by atoms with Crippen molar-refractivity contribution < 1.29 is 14.5 Å². The van der Waals surface area contributed by atoms with Crippen LogP contribution in [0.5, 0.6) is 0 Å². The number of nitro benzene ring substituents is 1. The summed E-state index contributed by atoms with van der Waals surface area (Å²) >= 11 is 5.74. The second kappa shape index (κ2) is 6.19. The molecule has 1 fully saturated rings. The van der Waals surface area contributed by atoms with Crippen molar-refractivity contribution in [1.29, 1.82) is 0 Å². The number of nitro groups is 1. The molecule has 1 amide bonds. The van der Waals surface area contributed by atoms with E-state index >= 15 is 0 Å². The number of rotatable bonds is 3. The van der Waals surface area contributed by atoms with Crippen LogP contribution in [0.2, 0.25) is 5.02 Å². The summed E-state index contributed by atoms with van der Waals surface area (Å²) in [6, 6.07) is 4.13. The number of nitrogens with zero attached hydrogens (tertiary/aromatic N) is 2. The first-order valence-electron chi connectivity index (χ1n) is 6.29. The Kier molecular flexibility index (Phi) is 4.57. The van der Waals surface area contributed by atoms with Gasteiger partial charge in [0.1, 0.15) is 5.02 Å². The van der Waals surface area contributed by atoms with E-state index in [4.69, 9.17) is 16.3 Å². The van der Waals surface area contributed by atoms with Crippen molar-refractivity contribution in [3.05, 3.63) is 38.9 Å². The average molecular weight is 299 g/mol. The Labute approximate surface area is 121 Å². The molecular formula is C13H15ClN2O4. The highest BCUT2D eigenvalue weighted by atomic mass is 35.5. The van der Waals surface area contributed by atoms with Gasteiger partial charge in [0, 0.05) is 31.8 Å². The Morgan fingerprint density at radius 3 is 2.65 bits per heavy atom. The van der Waals surface area contributed by atoms with E-state index in [1.807, 2.05) is 0 Å². The molecule has 2 rings (SSSR count). The molecule has 0 radical (unpaired) electrons. The molecule has 6 nitrogen and oxygen atoms in total. The van der Waals surface area contributed by atoms with Gasteiger partial charge >= 0.3 is 0 Å². The third-order valence-electron chi connectivity index (χ3n) is 3.45. The van der Waals surface area contributed by atoms with E-state index in [1.165, 1.54) is 18.2 Å². The zero-order valence-electron chi connectivity index (χ0n) is 11.0. The first kappa shape index (κ1) is 14.7. The lowest BCUT2D eigenvalue weighted by Crippen LogP contribution is -2.40. The number of carbonyl (C=O) groups excluding carboxylic acids is 1. The first-order chi connectivity index (χ1) is 9.52. The van der Waals surface area contributed by atoms with Crippen LogP contribution < -0.4 is 0 Å². The van der Waals surface area contributed by atoms with Gasteiger partial charge in [-0.3, -0.25) is 14.9 Å². The Bertz CT molecular complexity index is 527. The van der Waals surface area contributed by atoms with Crippen LogP contribution in [0, 0.1) is 10.1 Å². The number of benzene rings is 1. The minimum Gasteiger partial charge on any atom is -0.381 e. The van der Waals surface area contributed by atoms with Crippen LogP contribution >= 0.6 is 11.6 Å². The van der Waals surface area contributed by atoms with E-state index in [-0.39, 0.29) is 28.3 Å². The number of hydrogen-bond acceptors (Lipinski definition) is 4. The van der Waals surface area contributed by atoms with E-state index in [0.717, 1.165) is 12.8 Å². The maximum Gasteiger partial charge on any atom is 0.288 e. The van der Waals surface area contributed by atoms with Crippen LogP contribution in [-0.4, -0.2) is 42.0 Å². The summed E-state index contributed by atoms with van der Waals surface area (Å²) in [4.78, 5) is 24.2. The Hall–Kier alpha value is -1.66. The van der Waals surface area contributed by atoms with Crippen LogP contribution in [0.3, 0.4) is 0 Å². The zero-order valence-corrected chi connectivity index (χ0v) is 11.8. The van der Waals surface area contributed by atoms with Crippen molar-refractivity contribution in [2.45, 2.75) is 18.9 Å². The number of amides is 1. The molecule has 0 atom stereocenters. The highest BCUT2D eigenvalue weighted by Crippen LogP contribution is 2.26. The summed E-state index contributed by atoms with van der Waals surface area (Å²) in [5.74, 6) is -0.209. The molecule has 1 heterocycles. The van der Waals surface area contributed by atoms with Crippen LogP contribution in [0.1, 0.15) is 23.2 Å². The molecule has 108 valence electrons. The van der Waals surface area contributed by atoms with Crippen LogP contribution in [0.15, 0.2) is 18.2 Å². The van der Waals surface area contributed by atoms with E-state index in [0.29, 0.717) is 13.1 Å². The van der Waals surface area contributed by atoms with Gasteiger partial charge in [0.2, 0.25) is 0 Å². The molecule has 0 aliphatic carbocycles. The second-order valence-electron chi connectivity index (χ2n) is 4.65. The number of piperidine rings is 1. The first-order valence-corrected chi connectivity index (χ1v) is 6.66. The van der Waals surface area contributed by atoms with Gasteiger partial charge in [0.25, 0.3) is 11.6 Å². The van der Waals surface area contributed by atoms with Gasteiger partial charge in [-0.2, -0.15) is 0 Å². The lowest BCUT2D eigenvalue weighted by atomic mass is 10.1. The van der Waals surface area contributed by atoms with Gasteiger partial charge in [-0.1, -0.05) is 11.6 Å². The van der Waals surface area contributed by atoms with E-state index < -0.39 is 4.92 Å². The quantitative estimate of drug-likeness (QED) is 0.635. The lowest BCUT2D eigenvalue weighted by molar-refractivity contribution is -0.384. The molecule has 0 spiro atoms. The summed E-state index contributed by atoms with van der Waals surface area (Å²) in [5.41, 5.74) is 0.0428. The maximum absolute atomic E-state index is 12.3. The largest absolute Gasteiger partial charge is 0.381 e. The van der Waals surface area contributed by atoms with Crippen LogP contribution in [0.25, 0.3) is 0 Å². The SMILES string of the molecule is COC1CCN(C(=O)c2ccc(Cl)c([N+](=O)[O-])c2)CC1. The predicted octanol–water partition coefficient (Wildman–Crippen LogP) is 2.50. The second-order valence-corrected chi connectivity index (χ2v) is 5.06. The Morgan fingerprint density at radius 1 is 1.45 bits per heavy atom. The number of methoxy groups -OCH3 is 1. The zero-order chi connectivity index (χ0) is 14.7. The van der Waals surface area contributed by atoms with Crippen molar-refractivity contribution in [1.82, 2.24) is 4.90 Å². The number of hydrogen-bond donors (Lipinski definition) is 0. The minimum atomic E-state index is -0.587. The summed E-state index contributed by atoms with van der Waals surface area (Å²) < 4.78 is 5.25. The third-order valence-corrected chi connectivity index (χ3v) is 3.77. The molecule has 0 aromatic heterocycles. The third kappa shape index (κ3) is 3.08. The molecule has 0 unspecified atom stereocenters. The summed E-state index contributed by atoms with van der Waals surface area (Å²) in [6.07, 6.45) is 1.73. The molecule has 1 aliphatic heterocycles. The van der Waals surface area contributed by atoms with E-state index in [2.05, 4.69) is 0 Å². The van der Waals surface area contributed by atoms with Gasteiger partial charge in [0.05, 0.1) is 11.0 Å². The Morgan fingerprint density at radius 2 is 2.10 bits per heavy atom. The van der Waals surface area contributed by atoms with E-state index in [1.54, 1.807) is 12.0 Å². The molecule has 0 bridgehead atoms. The van der Waals surface area contributed by atoms with Crippen molar-refractivity contribution in [3.8, 4) is 0 Å². The molecule has 20 heavy (non-hydrogen) atoms. The van der Waals surface area contributed by atoms with Gasteiger partial charge in [-0.15, -0.1) is 0 Å². The van der Waals surface area contributed by atoms with Crippen molar-refractivity contribution in [3.63, 3.8) is 0 Å². The molecule has 1 aliphatic rings. The van der Waals surface area contributed by atoms with Gasteiger partial charge in [0.15, 0.2) is 0 Å². The molecule has 1 aromatic rings. The van der Waals surface area contributed by atoms with Crippen LogP contribution in [-0.2, 0) is 4.74 Å². The fraction of sp³-hybridized carbons (Fsp3) is 0.462. The maximum atomic E-state index is 12.3. The summed E-state index contributed by atoms with van der Waals surface area (Å²) in [6.45, 7) is 1.18. The fourth-order valence-corrected chi connectivity index (χ4v) is 2.45. The highest BCUT2D eigenvalue weighted by Gasteiger charge is 2.25. The smallest absolute Gasteiger partial charge is 0.288 e. The van der Waals surface area contributed by atoms with Crippen molar-refractivity contribution >= 4 is 23.2 Å².